The number of rotatable bonds is 5. The highest BCUT2D eigenvalue weighted by molar-refractivity contribution is 5.94. The lowest BCUT2D eigenvalue weighted by molar-refractivity contribution is -0.137. The van der Waals surface area contributed by atoms with Crippen molar-refractivity contribution in [1.29, 1.82) is 0 Å². The first-order valence-electron chi connectivity index (χ1n) is 9.15. The number of alkyl halides is 3. The Balaban J connectivity index is 1.71. The van der Waals surface area contributed by atoms with Crippen LogP contribution in [-0.2, 0) is 20.4 Å². The summed E-state index contributed by atoms with van der Waals surface area (Å²) in [5, 5.41) is 0.610. The molecule has 1 aliphatic heterocycles. The number of fused-ring (bicyclic) bond motifs is 1. The van der Waals surface area contributed by atoms with Crippen LogP contribution in [-0.4, -0.2) is 36.8 Å². The Bertz CT molecular complexity index is 1220. The largest absolute Gasteiger partial charge is 0.464 e. The van der Waals surface area contributed by atoms with Gasteiger partial charge in [-0.1, -0.05) is 24.3 Å². The van der Waals surface area contributed by atoms with Crippen molar-refractivity contribution in [3.63, 3.8) is 0 Å². The fourth-order valence-corrected chi connectivity index (χ4v) is 3.49. The standard InChI is InChI=1S/C21H15F3N2O5/c22-21(23,24)17-4-2-1-3-15(17)18-7-12-5-6-13(8-16(12)19(28)25-18)26-9-14(10-30-11-27)31-20(26)29/h1-8,11,14H,9-10H2,(H,25,28). The fourth-order valence-electron chi connectivity index (χ4n) is 3.49. The molecule has 2 heterocycles. The summed E-state index contributed by atoms with van der Waals surface area (Å²) in [5.41, 5.74) is -1.19. The van der Waals surface area contributed by atoms with Crippen molar-refractivity contribution in [3.05, 3.63) is 64.4 Å². The number of nitrogens with zero attached hydrogens (tertiary/aromatic N) is 1. The SMILES string of the molecule is O=COCC1CN(c2ccc3cc(-c4ccccc4C(F)(F)F)[nH]c(=O)c3c2)C(=O)O1. The minimum atomic E-state index is -4.58. The van der Waals surface area contributed by atoms with Gasteiger partial charge in [0.1, 0.15) is 6.61 Å². The average Bonchev–Trinajstić information content (AvgIpc) is 3.12. The Morgan fingerprint density at radius 3 is 2.68 bits per heavy atom. The number of aromatic amines is 1. The number of halogens is 3. The summed E-state index contributed by atoms with van der Waals surface area (Å²) in [4.78, 5) is 38.9. The lowest BCUT2D eigenvalue weighted by atomic mass is 10.0. The number of H-pyrrole nitrogens is 1. The van der Waals surface area contributed by atoms with Gasteiger partial charge in [-0.25, -0.2) is 4.79 Å². The smallest absolute Gasteiger partial charge is 0.417 e. The quantitative estimate of drug-likeness (QED) is 0.621. The summed E-state index contributed by atoms with van der Waals surface area (Å²) < 4.78 is 49.8. The van der Waals surface area contributed by atoms with Crippen LogP contribution in [0.3, 0.4) is 0 Å². The van der Waals surface area contributed by atoms with Gasteiger partial charge in [-0.2, -0.15) is 13.2 Å². The number of hydrogen-bond donors (Lipinski definition) is 1. The third-order valence-corrected chi connectivity index (χ3v) is 4.89. The number of hydrogen-bond acceptors (Lipinski definition) is 5. The molecule has 1 aliphatic rings. The number of benzene rings is 2. The van der Waals surface area contributed by atoms with Crippen LogP contribution in [0.1, 0.15) is 5.56 Å². The molecular formula is C21H15F3N2O5. The molecule has 1 N–H and O–H groups in total. The number of nitrogens with one attached hydrogen (secondary N) is 1. The van der Waals surface area contributed by atoms with Gasteiger partial charge in [0, 0.05) is 22.3 Å². The highest BCUT2D eigenvalue weighted by Crippen LogP contribution is 2.36. The number of aromatic nitrogens is 1. The number of carbonyl (C=O) groups excluding carboxylic acids is 2. The van der Waals surface area contributed by atoms with Gasteiger partial charge in [-0.3, -0.25) is 14.5 Å². The van der Waals surface area contributed by atoms with Crippen LogP contribution in [0, 0.1) is 0 Å². The third-order valence-electron chi connectivity index (χ3n) is 4.89. The van der Waals surface area contributed by atoms with Crippen LogP contribution in [0.4, 0.5) is 23.7 Å². The zero-order valence-electron chi connectivity index (χ0n) is 15.8. The normalized spacial score (nSPS) is 16.4. The van der Waals surface area contributed by atoms with Crippen molar-refractivity contribution in [2.24, 2.45) is 0 Å². The maximum absolute atomic E-state index is 13.4. The Morgan fingerprint density at radius 1 is 1.16 bits per heavy atom. The van der Waals surface area contributed by atoms with E-state index in [1.807, 2.05) is 0 Å². The average molecular weight is 432 g/mol. The third kappa shape index (κ3) is 3.96. The number of anilines is 1. The van der Waals surface area contributed by atoms with E-state index in [9.17, 15) is 27.6 Å². The van der Waals surface area contributed by atoms with Crippen molar-refractivity contribution in [2.45, 2.75) is 12.3 Å². The Morgan fingerprint density at radius 2 is 1.94 bits per heavy atom. The lowest BCUT2D eigenvalue weighted by Gasteiger charge is -2.15. The van der Waals surface area contributed by atoms with Crippen LogP contribution < -0.4 is 10.5 Å². The molecule has 0 spiro atoms. The first-order chi connectivity index (χ1) is 14.8. The van der Waals surface area contributed by atoms with E-state index in [-0.39, 0.29) is 36.3 Å². The van der Waals surface area contributed by atoms with E-state index in [1.54, 1.807) is 12.1 Å². The van der Waals surface area contributed by atoms with E-state index in [0.717, 1.165) is 6.07 Å². The molecule has 10 heteroatoms. The van der Waals surface area contributed by atoms with E-state index in [4.69, 9.17) is 4.74 Å². The second-order valence-corrected chi connectivity index (χ2v) is 6.87. The summed E-state index contributed by atoms with van der Waals surface area (Å²) in [6.45, 7) is 0.273. The summed E-state index contributed by atoms with van der Waals surface area (Å²) in [6.07, 6.45) is -5.88. The molecule has 4 rings (SSSR count). The molecule has 3 aromatic rings. The van der Waals surface area contributed by atoms with Gasteiger partial charge in [0.05, 0.1) is 12.1 Å². The molecule has 1 saturated heterocycles. The van der Waals surface area contributed by atoms with E-state index >= 15 is 0 Å². The molecule has 1 amide bonds. The molecule has 0 radical (unpaired) electrons. The Labute approximate surface area is 173 Å². The van der Waals surface area contributed by atoms with Crippen molar-refractivity contribution < 1.29 is 32.2 Å². The minimum absolute atomic E-state index is 0.0323. The number of pyridine rings is 1. The highest BCUT2D eigenvalue weighted by Gasteiger charge is 2.34. The molecule has 31 heavy (non-hydrogen) atoms. The Kier molecular flexibility index (Phi) is 5.14. The predicted octanol–water partition coefficient (Wildman–Crippen LogP) is 3.71. The van der Waals surface area contributed by atoms with Gasteiger partial charge in [-0.05, 0) is 29.7 Å². The van der Waals surface area contributed by atoms with Crippen LogP contribution >= 0.6 is 0 Å². The summed E-state index contributed by atoms with van der Waals surface area (Å²) in [5.74, 6) is 0. The van der Waals surface area contributed by atoms with Gasteiger partial charge >= 0.3 is 12.3 Å². The summed E-state index contributed by atoms with van der Waals surface area (Å²) in [6, 6.07) is 11.0. The monoisotopic (exact) mass is 432 g/mol. The minimum Gasteiger partial charge on any atom is -0.464 e. The predicted molar refractivity (Wildman–Crippen MR) is 105 cm³/mol. The van der Waals surface area contributed by atoms with Gasteiger partial charge in [0.15, 0.2) is 6.10 Å². The first kappa shape index (κ1) is 20.5. The first-order valence-corrected chi connectivity index (χ1v) is 9.15. The molecule has 1 fully saturated rings. The topological polar surface area (TPSA) is 88.7 Å². The van der Waals surface area contributed by atoms with E-state index in [2.05, 4.69) is 9.72 Å². The van der Waals surface area contributed by atoms with Gasteiger partial charge in [0.2, 0.25) is 0 Å². The lowest BCUT2D eigenvalue weighted by Crippen LogP contribution is -2.26. The number of carbonyl (C=O) groups is 2. The van der Waals surface area contributed by atoms with Gasteiger partial charge in [-0.15, -0.1) is 0 Å². The molecule has 1 unspecified atom stereocenters. The van der Waals surface area contributed by atoms with Crippen molar-refractivity contribution in [2.75, 3.05) is 18.1 Å². The van der Waals surface area contributed by atoms with Gasteiger partial charge in [0.25, 0.3) is 12.0 Å². The van der Waals surface area contributed by atoms with Crippen LogP contribution in [0.25, 0.3) is 22.0 Å². The zero-order chi connectivity index (χ0) is 22.2. The summed E-state index contributed by atoms with van der Waals surface area (Å²) >= 11 is 0. The van der Waals surface area contributed by atoms with E-state index in [0.29, 0.717) is 11.1 Å². The van der Waals surface area contributed by atoms with Crippen molar-refractivity contribution in [1.82, 2.24) is 4.98 Å². The maximum Gasteiger partial charge on any atom is 0.417 e. The van der Waals surface area contributed by atoms with E-state index < -0.39 is 29.5 Å². The Hall–Kier alpha value is -3.82. The van der Waals surface area contributed by atoms with Crippen LogP contribution in [0.2, 0.25) is 0 Å². The van der Waals surface area contributed by atoms with Crippen LogP contribution in [0.15, 0.2) is 53.3 Å². The molecule has 0 saturated carbocycles. The molecule has 1 atom stereocenters. The molecule has 0 aliphatic carbocycles. The van der Waals surface area contributed by atoms with Crippen molar-refractivity contribution in [3.8, 4) is 11.3 Å². The summed E-state index contributed by atoms with van der Waals surface area (Å²) in [7, 11) is 0. The van der Waals surface area contributed by atoms with E-state index in [1.165, 1.54) is 35.2 Å². The van der Waals surface area contributed by atoms with Gasteiger partial charge < -0.3 is 14.5 Å². The van der Waals surface area contributed by atoms with Crippen molar-refractivity contribution >= 4 is 29.0 Å². The zero-order valence-corrected chi connectivity index (χ0v) is 15.8. The molecule has 7 nitrogen and oxygen atoms in total. The number of amides is 1. The molecule has 1 aromatic heterocycles. The second-order valence-electron chi connectivity index (χ2n) is 6.87. The number of cyclic esters (lactones) is 1. The highest BCUT2D eigenvalue weighted by atomic mass is 19.4. The van der Waals surface area contributed by atoms with Crippen LogP contribution in [0.5, 0.6) is 0 Å². The second kappa shape index (κ2) is 7.78. The fraction of sp³-hybridized carbons (Fsp3) is 0.190. The molecule has 0 bridgehead atoms. The molecule has 2 aromatic carbocycles. The molecular weight excluding hydrogens is 417 g/mol. The molecule has 160 valence electrons. The number of ether oxygens (including phenoxy) is 2. The maximum atomic E-state index is 13.4.